The Bertz CT molecular complexity index is 190. The van der Waals surface area contributed by atoms with Gasteiger partial charge in [0.25, 0.3) is 0 Å². The van der Waals surface area contributed by atoms with Crippen molar-refractivity contribution in [1.82, 2.24) is 0 Å². The minimum absolute atomic E-state index is 0.254. The summed E-state index contributed by atoms with van der Waals surface area (Å²) in [5.41, 5.74) is 0.461. The Hall–Kier alpha value is -1.43. The molecule has 0 heterocycles. The molecule has 0 unspecified atom stereocenters. The van der Waals surface area contributed by atoms with E-state index in [4.69, 9.17) is 21.1 Å². The first-order valence-corrected chi connectivity index (χ1v) is 3.31. The molecule has 68 valence electrons. The lowest BCUT2D eigenvalue weighted by molar-refractivity contribution is -0.142. The van der Waals surface area contributed by atoms with Crippen LogP contribution in [0.25, 0.3) is 0 Å². The van der Waals surface area contributed by atoms with Crippen LogP contribution in [-0.2, 0) is 9.53 Å². The highest BCUT2D eigenvalue weighted by atomic mass is 16.5. The van der Waals surface area contributed by atoms with Gasteiger partial charge in [-0.25, -0.2) is 4.79 Å². The Morgan fingerprint density at radius 2 is 2.42 bits per heavy atom. The van der Waals surface area contributed by atoms with Crippen LogP contribution in [0.3, 0.4) is 0 Å². The van der Waals surface area contributed by atoms with E-state index >= 15 is 0 Å². The number of carboxylic acids is 1. The maximum absolute atomic E-state index is 9.96. The second-order valence-corrected chi connectivity index (χ2v) is 2.05. The standard InChI is InChI=1S/C6H11N3O3/c7-5(3-9-8)1-2-12-4-6(10)11/h3,7H,1-2,4,8H2,(H,10,11)/p+1. The van der Waals surface area contributed by atoms with Gasteiger partial charge in [0.15, 0.2) is 5.71 Å². The van der Waals surface area contributed by atoms with Crippen molar-refractivity contribution in [2.75, 3.05) is 13.2 Å². The number of carbonyl (C=O) groups is 1. The van der Waals surface area contributed by atoms with E-state index in [1.54, 1.807) is 0 Å². The number of carboxylic acid groups (broad SMARTS) is 1. The normalized spacial score (nSPS) is 10.3. The molecule has 0 rings (SSSR count). The number of ether oxygens (including phenoxy) is 1. The smallest absolute Gasteiger partial charge is 0.329 e. The van der Waals surface area contributed by atoms with E-state index in [2.05, 4.69) is 5.10 Å². The van der Waals surface area contributed by atoms with Gasteiger partial charge in [-0.1, -0.05) is 0 Å². The lowest BCUT2D eigenvalue weighted by Gasteiger charge is -1.96. The van der Waals surface area contributed by atoms with E-state index in [0.717, 1.165) is 0 Å². The second-order valence-electron chi connectivity index (χ2n) is 2.05. The highest BCUT2D eigenvalue weighted by Gasteiger charge is 2.00. The Kier molecular flexibility index (Phi) is 5.54. The van der Waals surface area contributed by atoms with Gasteiger partial charge in [0.2, 0.25) is 0 Å². The maximum Gasteiger partial charge on any atom is 0.329 e. The number of hydrogen-bond acceptors (Lipinski definition) is 4. The molecule has 0 fully saturated rings. The van der Waals surface area contributed by atoms with Gasteiger partial charge >= 0.3 is 5.97 Å². The number of nitrogens with zero attached hydrogens (tertiary/aromatic N) is 1. The van der Waals surface area contributed by atoms with Crippen LogP contribution in [0.15, 0.2) is 5.10 Å². The molecule has 0 aromatic carbocycles. The predicted octanol–water partition coefficient (Wildman–Crippen LogP) is -2.38. The van der Waals surface area contributed by atoms with E-state index < -0.39 is 5.97 Å². The van der Waals surface area contributed by atoms with E-state index in [1.807, 2.05) is 0 Å². The lowest BCUT2D eigenvalue weighted by Crippen LogP contribution is -2.41. The molecule has 0 bridgehead atoms. The molecule has 5 N–H and O–H groups in total. The Morgan fingerprint density at radius 1 is 1.75 bits per heavy atom. The fraction of sp³-hybridized carbons (Fsp3) is 0.500. The van der Waals surface area contributed by atoms with Crippen LogP contribution in [0, 0.1) is 0 Å². The highest BCUT2D eigenvalue weighted by Crippen LogP contribution is 1.81. The third-order valence-corrected chi connectivity index (χ3v) is 1.00. The molecule has 0 aliphatic rings. The van der Waals surface area contributed by atoms with Crippen LogP contribution in [0.4, 0.5) is 0 Å². The molecule has 0 aliphatic carbocycles. The number of hydrazone groups is 1. The summed E-state index contributed by atoms with van der Waals surface area (Å²) >= 11 is 0. The van der Waals surface area contributed by atoms with Crippen LogP contribution >= 0.6 is 0 Å². The Balaban J connectivity index is 3.31. The Labute approximate surface area is 69.5 Å². The SMILES string of the molecule is NN=CC(=[NH2+])CCOCC(=O)O. The predicted molar refractivity (Wildman–Crippen MR) is 42.7 cm³/mol. The average molecular weight is 174 g/mol. The number of rotatable bonds is 6. The molecular weight excluding hydrogens is 162 g/mol. The van der Waals surface area contributed by atoms with E-state index in [-0.39, 0.29) is 13.2 Å². The van der Waals surface area contributed by atoms with Crippen LogP contribution in [0.5, 0.6) is 0 Å². The molecule has 0 amide bonds. The molecule has 0 atom stereocenters. The van der Waals surface area contributed by atoms with Crippen molar-refractivity contribution >= 4 is 17.9 Å². The minimum Gasteiger partial charge on any atom is -0.480 e. The summed E-state index contributed by atoms with van der Waals surface area (Å²) in [7, 11) is 0. The fourth-order valence-electron chi connectivity index (χ4n) is 0.510. The monoisotopic (exact) mass is 174 g/mol. The van der Waals surface area contributed by atoms with Crippen LogP contribution in [-0.4, -0.2) is 36.2 Å². The van der Waals surface area contributed by atoms with E-state index in [0.29, 0.717) is 12.1 Å². The van der Waals surface area contributed by atoms with E-state index in [9.17, 15) is 4.79 Å². The zero-order chi connectivity index (χ0) is 9.40. The molecule has 0 saturated heterocycles. The summed E-state index contributed by atoms with van der Waals surface area (Å²) in [6.07, 6.45) is 1.72. The van der Waals surface area contributed by atoms with E-state index in [1.165, 1.54) is 6.21 Å². The summed E-state index contributed by atoms with van der Waals surface area (Å²) in [5.74, 6) is 3.82. The van der Waals surface area contributed by atoms with Gasteiger partial charge in [-0.3, -0.25) is 5.41 Å². The third kappa shape index (κ3) is 6.69. The van der Waals surface area contributed by atoms with Gasteiger partial charge in [-0.05, 0) is 0 Å². The summed E-state index contributed by atoms with van der Waals surface area (Å²) in [6.45, 7) is -0.0583. The van der Waals surface area contributed by atoms with Gasteiger partial charge in [0, 0.05) is 0 Å². The zero-order valence-corrected chi connectivity index (χ0v) is 6.56. The Morgan fingerprint density at radius 3 is 2.92 bits per heavy atom. The lowest BCUT2D eigenvalue weighted by atomic mass is 10.3. The molecule has 6 nitrogen and oxygen atoms in total. The first-order valence-electron chi connectivity index (χ1n) is 3.31. The van der Waals surface area contributed by atoms with Crippen LogP contribution in [0.2, 0.25) is 0 Å². The van der Waals surface area contributed by atoms with Gasteiger partial charge in [0.05, 0.1) is 13.0 Å². The summed E-state index contributed by atoms with van der Waals surface area (Å²) in [4.78, 5) is 9.96. The highest BCUT2D eigenvalue weighted by molar-refractivity contribution is 6.27. The van der Waals surface area contributed by atoms with Crippen molar-refractivity contribution in [3.63, 3.8) is 0 Å². The van der Waals surface area contributed by atoms with Crippen molar-refractivity contribution in [2.24, 2.45) is 10.9 Å². The van der Waals surface area contributed by atoms with Gasteiger partial charge < -0.3 is 15.7 Å². The number of nitrogens with two attached hydrogens (primary N) is 2. The molecular formula is C6H12N3O3+. The van der Waals surface area contributed by atoms with Gasteiger partial charge in [-0.2, -0.15) is 5.10 Å². The van der Waals surface area contributed by atoms with Crippen LogP contribution in [0.1, 0.15) is 6.42 Å². The largest absolute Gasteiger partial charge is 0.480 e. The third-order valence-electron chi connectivity index (χ3n) is 1.00. The average Bonchev–Trinajstić information content (AvgIpc) is 1.98. The maximum atomic E-state index is 9.96. The molecule has 0 aromatic heterocycles. The second kappa shape index (κ2) is 6.29. The topological polar surface area (TPSA) is 111 Å². The number of aliphatic carboxylic acids is 1. The summed E-state index contributed by atoms with van der Waals surface area (Å²) in [5, 5.41) is 16.7. The van der Waals surface area contributed by atoms with Crippen LogP contribution < -0.4 is 11.3 Å². The first-order chi connectivity index (χ1) is 5.66. The van der Waals surface area contributed by atoms with Gasteiger partial charge in [0.1, 0.15) is 12.8 Å². The molecule has 0 radical (unpaired) electrons. The van der Waals surface area contributed by atoms with Crippen molar-refractivity contribution < 1.29 is 20.0 Å². The van der Waals surface area contributed by atoms with Crippen molar-refractivity contribution in [1.29, 1.82) is 0 Å². The summed E-state index contributed by atoms with van der Waals surface area (Å²) < 4.78 is 4.71. The molecule has 12 heavy (non-hydrogen) atoms. The van der Waals surface area contributed by atoms with Crippen molar-refractivity contribution in [3.8, 4) is 0 Å². The quantitative estimate of drug-likeness (QED) is 0.181. The fourth-order valence-corrected chi connectivity index (χ4v) is 0.510. The molecule has 0 aromatic rings. The molecule has 6 heteroatoms. The first kappa shape index (κ1) is 10.6. The van der Waals surface area contributed by atoms with Gasteiger partial charge in [-0.15, -0.1) is 0 Å². The number of hydrogen-bond donors (Lipinski definition) is 3. The van der Waals surface area contributed by atoms with Crippen molar-refractivity contribution in [3.05, 3.63) is 0 Å². The van der Waals surface area contributed by atoms with Crippen molar-refractivity contribution in [2.45, 2.75) is 6.42 Å². The molecule has 0 spiro atoms. The summed E-state index contributed by atoms with van der Waals surface area (Å²) in [6, 6.07) is 0. The molecule has 0 aliphatic heterocycles. The molecule has 0 saturated carbocycles. The minimum atomic E-state index is -0.999. The zero-order valence-electron chi connectivity index (χ0n) is 6.56.